The summed E-state index contributed by atoms with van der Waals surface area (Å²) in [4.78, 5) is 11.6. The minimum atomic E-state index is -0.923. The van der Waals surface area contributed by atoms with E-state index in [0.717, 1.165) is 22.3 Å². The Labute approximate surface area is 128 Å². The van der Waals surface area contributed by atoms with Gasteiger partial charge >= 0.3 is 5.97 Å². The summed E-state index contributed by atoms with van der Waals surface area (Å²) in [7, 11) is 1.62. The van der Waals surface area contributed by atoms with Crippen LogP contribution in [0.15, 0.2) is 60.7 Å². The van der Waals surface area contributed by atoms with Crippen molar-refractivity contribution in [3.05, 3.63) is 77.4 Å². The van der Waals surface area contributed by atoms with Crippen LogP contribution in [0.4, 0.5) is 0 Å². The number of hydrogen-bond acceptors (Lipinski definition) is 2. The van der Waals surface area contributed by atoms with Gasteiger partial charge in [0.25, 0.3) is 0 Å². The highest BCUT2D eigenvalue weighted by Gasteiger charge is 2.16. The fraction of sp³-hybridized carbons (Fsp3) is 0.105. The Morgan fingerprint density at radius 2 is 1.64 bits per heavy atom. The third-order valence-electron chi connectivity index (χ3n) is 3.74. The molecule has 3 aromatic rings. The van der Waals surface area contributed by atoms with E-state index in [0.29, 0.717) is 17.4 Å². The molecule has 0 aliphatic heterocycles. The maximum atomic E-state index is 11.6. The molecule has 0 heterocycles. The standard InChI is InChI=1S/C19H16O3/c1-22-18-14(11-13-7-3-2-4-8-13)12-17(19(20)21)15-9-5-6-10-16(15)18/h2-10,12H,11H2,1H3,(H,20,21). The van der Waals surface area contributed by atoms with Crippen molar-refractivity contribution in [2.24, 2.45) is 0 Å². The van der Waals surface area contributed by atoms with Crippen molar-refractivity contribution in [1.29, 1.82) is 0 Å². The van der Waals surface area contributed by atoms with Gasteiger partial charge in [-0.25, -0.2) is 4.79 Å². The molecule has 0 aliphatic rings. The molecule has 0 bridgehead atoms. The van der Waals surface area contributed by atoms with Crippen LogP contribution in [0.5, 0.6) is 5.75 Å². The molecule has 0 radical (unpaired) electrons. The molecule has 1 N–H and O–H groups in total. The summed E-state index contributed by atoms with van der Waals surface area (Å²) in [6.07, 6.45) is 0.634. The zero-order chi connectivity index (χ0) is 15.5. The van der Waals surface area contributed by atoms with Crippen LogP contribution in [0.1, 0.15) is 21.5 Å². The Kier molecular flexibility index (Phi) is 3.79. The molecule has 0 saturated heterocycles. The highest BCUT2D eigenvalue weighted by Crippen LogP contribution is 2.34. The maximum Gasteiger partial charge on any atom is 0.336 e. The molecule has 3 rings (SSSR count). The maximum absolute atomic E-state index is 11.6. The van der Waals surface area contributed by atoms with Gasteiger partial charge < -0.3 is 9.84 Å². The summed E-state index contributed by atoms with van der Waals surface area (Å²) >= 11 is 0. The van der Waals surface area contributed by atoms with Gasteiger partial charge in [0.1, 0.15) is 5.75 Å². The molecular formula is C19H16O3. The molecule has 0 amide bonds. The first kappa shape index (κ1) is 14.1. The molecule has 110 valence electrons. The van der Waals surface area contributed by atoms with E-state index >= 15 is 0 Å². The monoisotopic (exact) mass is 292 g/mol. The van der Waals surface area contributed by atoms with Crippen LogP contribution in [0.25, 0.3) is 10.8 Å². The van der Waals surface area contributed by atoms with Crippen molar-refractivity contribution >= 4 is 16.7 Å². The first-order chi connectivity index (χ1) is 10.7. The lowest BCUT2D eigenvalue weighted by Crippen LogP contribution is -2.03. The van der Waals surface area contributed by atoms with Gasteiger partial charge in [0.05, 0.1) is 12.7 Å². The summed E-state index contributed by atoms with van der Waals surface area (Å²) in [5, 5.41) is 11.0. The van der Waals surface area contributed by atoms with Crippen LogP contribution in [0, 0.1) is 0 Å². The second kappa shape index (κ2) is 5.90. The number of carboxylic acid groups (broad SMARTS) is 1. The molecule has 0 spiro atoms. The second-order valence-corrected chi connectivity index (χ2v) is 5.13. The molecule has 0 unspecified atom stereocenters. The average molecular weight is 292 g/mol. The normalized spacial score (nSPS) is 10.6. The minimum Gasteiger partial charge on any atom is -0.496 e. The first-order valence-corrected chi connectivity index (χ1v) is 7.06. The molecule has 3 nitrogen and oxygen atoms in total. The molecule has 0 saturated carbocycles. The number of rotatable bonds is 4. The van der Waals surface area contributed by atoms with Gasteiger partial charge in [0.2, 0.25) is 0 Å². The molecule has 3 heteroatoms. The zero-order valence-corrected chi connectivity index (χ0v) is 12.2. The predicted octanol–water partition coefficient (Wildman–Crippen LogP) is 4.14. The molecule has 0 fully saturated rings. The number of methoxy groups -OCH3 is 1. The Morgan fingerprint density at radius 3 is 2.27 bits per heavy atom. The number of aromatic carboxylic acids is 1. The van der Waals surface area contributed by atoms with E-state index in [1.807, 2.05) is 54.6 Å². The first-order valence-electron chi connectivity index (χ1n) is 7.06. The Balaban J connectivity index is 2.22. The van der Waals surface area contributed by atoms with E-state index in [4.69, 9.17) is 4.74 Å². The van der Waals surface area contributed by atoms with Crippen LogP contribution in [0.2, 0.25) is 0 Å². The fourth-order valence-electron chi connectivity index (χ4n) is 2.77. The third-order valence-corrected chi connectivity index (χ3v) is 3.74. The molecule has 0 atom stereocenters. The van der Waals surface area contributed by atoms with Crippen molar-refractivity contribution in [2.45, 2.75) is 6.42 Å². The Hall–Kier alpha value is -2.81. The Bertz CT molecular complexity index is 823. The second-order valence-electron chi connectivity index (χ2n) is 5.13. The minimum absolute atomic E-state index is 0.308. The van der Waals surface area contributed by atoms with Gasteiger partial charge in [0, 0.05) is 17.4 Å². The molecular weight excluding hydrogens is 276 g/mol. The van der Waals surface area contributed by atoms with E-state index in [2.05, 4.69) is 0 Å². The topological polar surface area (TPSA) is 46.5 Å². The molecule has 0 aliphatic carbocycles. The van der Waals surface area contributed by atoms with Crippen LogP contribution in [-0.2, 0) is 6.42 Å². The van der Waals surface area contributed by atoms with E-state index in [-0.39, 0.29) is 0 Å². The van der Waals surface area contributed by atoms with E-state index in [9.17, 15) is 9.90 Å². The number of fused-ring (bicyclic) bond motifs is 1. The quantitative estimate of drug-likeness (QED) is 0.786. The lowest BCUT2D eigenvalue weighted by atomic mass is 9.95. The largest absolute Gasteiger partial charge is 0.496 e. The van der Waals surface area contributed by atoms with Crippen molar-refractivity contribution in [2.75, 3.05) is 7.11 Å². The summed E-state index contributed by atoms with van der Waals surface area (Å²) in [5.74, 6) is -0.183. The summed E-state index contributed by atoms with van der Waals surface area (Å²) in [6.45, 7) is 0. The number of benzene rings is 3. The van der Waals surface area contributed by atoms with Crippen LogP contribution in [0.3, 0.4) is 0 Å². The van der Waals surface area contributed by atoms with Gasteiger partial charge in [0.15, 0.2) is 0 Å². The smallest absolute Gasteiger partial charge is 0.336 e. The predicted molar refractivity (Wildman–Crippen MR) is 86.7 cm³/mol. The van der Waals surface area contributed by atoms with Crippen molar-refractivity contribution in [1.82, 2.24) is 0 Å². The molecule has 22 heavy (non-hydrogen) atoms. The number of carboxylic acids is 1. The van der Waals surface area contributed by atoms with E-state index < -0.39 is 5.97 Å². The van der Waals surface area contributed by atoms with Gasteiger partial charge in [-0.15, -0.1) is 0 Å². The number of ether oxygens (including phenoxy) is 1. The lowest BCUT2D eigenvalue weighted by Gasteiger charge is -2.14. The lowest BCUT2D eigenvalue weighted by molar-refractivity contribution is 0.0699. The van der Waals surface area contributed by atoms with Crippen molar-refractivity contribution < 1.29 is 14.6 Å². The zero-order valence-electron chi connectivity index (χ0n) is 12.2. The van der Waals surface area contributed by atoms with E-state index in [1.54, 1.807) is 13.2 Å². The SMILES string of the molecule is COc1c(Cc2ccccc2)cc(C(=O)O)c2ccccc12. The Morgan fingerprint density at radius 1 is 1.00 bits per heavy atom. The third kappa shape index (κ3) is 2.53. The molecule has 0 aromatic heterocycles. The number of hydrogen-bond donors (Lipinski definition) is 1. The van der Waals surface area contributed by atoms with Gasteiger partial charge in [-0.3, -0.25) is 0 Å². The summed E-state index contributed by atoms with van der Waals surface area (Å²) in [6, 6.07) is 19.1. The highest BCUT2D eigenvalue weighted by molar-refractivity contribution is 6.06. The average Bonchev–Trinajstić information content (AvgIpc) is 2.55. The number of carbonyl (C=O) groups is 1. The summed E-state index contributed by atoms with van der Waals surface area (Å²) in [5.41, 5.74) is 2.31. The van der Waals surface area contributed by atoms with Crippen molar-refractivity contribution in [3.8, 4) is 5.75 Å². The summed E-state index contributed by atoms with van der Waals surface area (Å²) < 4.78 is 5.57. The van der Waals surface area contributed by atoms with Gasteiger partial charge in [-0.05, 0) is 17.0 Å². The van der Waals surface area contributed by atoms with Crippen molar-refractivity contribution in [3.63, 3.8) is 0 Å². The van der Waals surface area contributed by atoms with Gasteiger partial charge in [-0.1, -0.05) is 54.6 Å². The van der Waals surface area contributed by atoms with Crippen LogP contribution >= 0.6 is 0 Å². The van der Waals surface area contributed by atoms with Crippen LogP contribution < -0.4 is 4.74 Å². The van der Waals surface area contributed by atoms with Gasteiger partial charge in [-0.2, -0.15) is 0 Å². The molecule has 3 aromatic carbocycles. The van der Waals surface area contributed by atoms with E-state index in [1.165, 1.54) is 0 Å². The van der Waals surface area contributed by atoms with Crippen LogP contribution in [-0.4, -0.2) is 18.2 Å². The fourth-order valence-corrected chi connectivity index (χ4v) is 2.77. The highest BCUT2D eigenvalue weighted by atomic mass is 16.5.